The molecule has 0 fully saturated rings. The number of nitrogens with zero attached hydrogens (tertiary/aromatic N) is 1. The summed E-state index contributed by atoms with van der Waals surface area (Å²) in [5, 5.41) is 11.9. The first-order valence-corrected chi connectivity index (χ1v) is 7.84. The van der Waals surface area contributed by atoms with E-state index in [1.807, 2.05) is 20.8 Å². The Morgan fingerprint density at radius 2 is 1.58 bits per heavy atom. The largest absolute Gasteiger partial charge is 0.456 e. The highest BCUT2D eigenvalue weighted by Gasteiger charge is 2.17. The molecule has 0 saturated carbocycles. The molecular formula is C19H18N2O2S. The minimum absolute atomic E-state index is 0.358. The predicted molar refractivity (Wildman–Crippen MR) is 98.1 cm³/mol. The molecule has 0 atom stereocenters. The highest BCUT2D eigenvalue weighted by molar-refractivity contribution is 7.81. The summed E-state index contributed by atoms with van der Waals surface area (Å²) >= 11 is 5.35. The van der Waals surface area contributed by atoms with Gasteiger partial charge in [0.15, 0.2) is 0 Å². The minimum Gasteiger partial charge on any atom is -0.456 e. The van der Waals surface area contributed by atoms with Crippen LogP contribution in [-0.2, 0) is 4.74 Å². The molecule has 0 saturated heterocycles. The molecule has 0 amide bonds. The summed E-state index contributed by atoms with van der Waals surface area (Å²) < 4.78 is 5.32. The molecule has 0 spiro atoms. The first kappa shape index (κ1) is 17.6. The van der Waals surface area contributed by atoms with E-state index in [-0.39, 0.29) is 5.97 Å². The Balaban J connectivity index is 2.04. The van der Waals surface area contributed by atoms with Gasteiger partial charge in [0.2, 0.25) is 0 Å². The van der Waals surface area contributed by atoms with Gasteiger partial charge < -0.3 is 10.1 Å². The molecule has 0 aliphatic rings. The van der Waals surface area contributed by atoms with E-state index in [0.29, 0.717) is 16.1 Å². The molecule has 4 nitrogen and oxygen atoms in total. The van der Waals surface area contributed by atoms with E-state index in [9.17, 15) is 4.79 Å². The third kappa shape index (κ3) is 4.90. The van der Waals surface area contributed by atoms with Gasteiger partial charge in [-0.25, -0.2) is 4.79 Å². The average Bonchev–Trinajstić information content (AvgIpc) is 2.54. The van der Waals surface area contributed by atoms with Crippen molar-refractivity contribution in [2.75, 3.05) is 5.32 Å². The van der Waals surface area contributed by atoms with Gasteiger partial charge in [0, 0.05) is 11.3 Å². The second-order valence-electron chi connectivity index (χ2n) is 6.22. The fourth-order valence-corrected chi connectivity index (χ4v) is 2.18. The normalized spacial score (nSPS) is 10.6. The van der Waals surface area contributed by atoms with Crippen molar-refractivity contribution in [3.63, 3.8) is 0 Å². The first-order valence-electron chi connectivity index (χ1n) is 7.43. The summed E-state index contributed by atoms with van der Waals surface area (Å²) in [6.45, 7) is 5.49. The quantitative estimate of drug-likeness (QED) is 0.668. The van der Waals surface area contributed by atoms with Gasteiger partial charge in [-0.2, -0.15) is 5.26 Å². The lowest BCUT2D eigenvalue weighted by Gasteiger charge is -2.19. The van der Waals surface area contributed by atoms with Crippen molar-refractivity contribution in [3.05, 3.63) is 65.2 Å². The van der Waals surface area contributed by atoms with Gasteiger partial charge in [0.25, 0.3) is 0 Å². The Morgan fingerprint density at radius 3 is 2.08 bits per heavy atom. The SMILES string of the molecule is CC(C)(C)OC(=O)c1ccc(NC(=S)c2ccc(C#N)cc2)cc1. The van der Waals surface area contributed by atoms with Crippen LogP contribution >= 0.6 is 12.2 Å². The molecule has 0 aromatic heterocycles. The fraction of sp³-hybridized carbons (Fsp3) is 0.211. The van der Waals surface area contributed by atoms with Crippen LogP contribution in [0.2, 0.25) is 0 Å². The summed E-state index contributed by atoms with van der Waals surface area (Å²) in [5.41, 5.74) is 2.14. The number of carbonyl (C=O) groups is 1. The maximum atomic E-state index is 12.0. The number of rotatable bonds is 3. The Hall–Kier alpha value is -2.71. The predicted octanol–water partition coefficient (Wildman–Crippen LogP) is 4.30. The number of benzene rings is 2. The third-order valence-electron chi connectivity index (χ3n) is 3.05. The van der Waals surface area contributed by atoms with E-state index < -0.39 is 5.60 Å². The zero-order valence-corrected chi connectivity index (χ0v) is 14.6. The van der Waals surface area contributed by atoms with E-state index in [4.69, 9.17) is 22.2 Å². The van der Waals surface area contributed by atoms with Crippen LogP contribution in [0.25, 0.3) is 0 Å². The molecule has 0 unspecified atom stereocenters. The number of hydrogen-bond donors (Lipinski definition) is 1. The average molecular weight is 338 g/mol. The van der Waals surface area contributed by atoms with E-state index in [2.05, 4.69) is 11.4 Å². The number of thiocarbonyl (C=S) groups is 1. The zero-order valence-electron chi connectivity index (χ0n) is 13.8. The molecule has 0 aliphatic heterocycles. The molecule has 0 aliphatic carbocycles. The minimum atomic E-state index is -0.523. The van der Waals surface area contributed by atoms with Crippen LogP contribution in [0.3, 0.4) is 0 Å². The molecule has 0 radical (unpaired) electrons. The highest BCUT2D eigenvalue weighted by atomic mass is 32.1. The Morgan fingerprint density at radius 1 is 1.04 bits per heavy atom. The third-order valence-corrected chi connectivity index (χ3v) is 3.39. The molecule has 122 valence electrons. The number of hydrogen-bond acceptors (Lipinski definition) is 4. The molecule has 2 aromatic rings. The summed E-state index contributed by atoms with van der Waals surface area (Å²) in [5.74, 6) is -0.358. The van der Waals surface area contributed by atoms with Crippen LogP contribution in [0.1, 0.15) is 42.3 Å². The van der Waals surface area contributed by atoms with Crippen molar-refractivity contribution in [3.8, 4) is 6.07 Å². The van der Waals surface area contributed by atoms with Gasteiger partial charge in [-0.05, 0) is 57.2 Å². The van der Waals surface area contributed by atoms with Crippen LogP contribution in [0.4, 0.5) is 5.69 Å². The second-order valence-corrected chi connectivity index (χ2v) is 6.63. The molecule has 1 N–H and O–H groups in total. The number of anilines is 1. The topological polar surface area (TPSA) is 62.1 Å². The summed E-state index contributed by atoms with van der Waals surface area (Å²) in [7, 11) is 0. The first-order chi connectivity index (χ1) is 11.3. The molecule has 2 aromatic carbocycles. The molecule has 5 heteroatoms. The summed E-state index contributed by atoms with van der Waals surface area (Å²) in [6, 6.07) is 16.0. The van der Waals surface area contributed by atoms with Crippen molar-refractivity contribution in [1.82, 2.24) is 0 Å². The monoisotopic (exact) mass is 338 g/mol. The number of ether oxygens (including phenoxy) is 1. The van der Waals surface area contributed by atoms with Crippen LogP contribution in [0.5, 0.6) is 0 Å². The van der Waals surface area contributed by atoms with Crippen LogP contribution in [0, 0.1) is 11.3 Å². The Labute approximate surface area is 147 Å². The molecule has 0 bridgehead atoms. The Bertz CT molecular complexity index is 782. The zero-order chi connectivity index (χ0) is 17.7. The second kappa shape index (κ2) is 7.24. The van der Waals surface area contributed by atoms with Gasteiger partial charge >= 0.3 is 5.97 Å². The van der Waals surface area contributed by atoms with Crippen molar-refractivity contribution >= 4 is 28.9 Å². The van der Waals surface area contributed by atoms with Crippen LogP contribution in [0.15, 0.2) is 48.5 Å². The van der Waals surface area contributed by atoms with Gasteiger partial charge in [-0.15, -0.1) is 0 Å². The lowest BCUT2D eigenvalue weighted by Crippen LogP contribution is -2.23. The number of nitriles is 1. The summed E-state index contributed by atoms with van der Waals surface area (Å²) in [6.07, 6.45) is 0. The van der Waals surface area contributed by atoms with Crippen LogP contribution < -0.4 is 5.32 Å². The maximum absolute atomic E-state index is 12.0. The molecular weight excluding hydrogens is 320 g/mol. The molecule has 24 heavy (non-hydrogen) atoms. The van der Waals surface area contributed by atoms with Crippen molar-refractivity contribution in [1.29, 1.82) is 5.26 Å². The standard InChI is InChI=1S/C19H18N2O2S/c1-19(2,3)23-18(22)15-8-10-16(11-9-15)21-17(24)14-6-4-13(12-20)5-7-14/h4-11H,1-3H3,(H,21,24). The number of carbonyl (C=O) groups excluding carboxylic acids is 1. The van der Waals surface area contributed by atoms with Crippen molar-refractivity contribution in [2.24, 2.45) is 0 Å². The van der Waals surface area contributed by atoms with Gasteiger partial charge in [-0.3, -0.25) is 0 Å². The van der Waals surface area contributed by atoms with E-state index in [1.165, 1.54) is 0 Å². The summed E-state index contributed by atoms with van der Waals surface area (Å²) in [4.78, 5) is 12.5. The highest BCUT2D eigenvalue weighted by Crippen LogP contribution is 2.16. The van der Waals surface area contributed by atoms with Gasteiger partial charge in [0.05, 0.1) is 17.2 Å². The number of nitrogens with one attached hydrogen (secondary N) is 1. The lowest BCUT2D eigenvalue weighted by molar-refractivity contribution is 0.00696. The van der Waals surface area contributed by atoms with E-state index in [1.54, 1.807) is 48.5 Å². The van der Waals surface area contributed by atoms with Crippen LogP contribution in [-0.4, -0.2) is 16.6 Å². The smallest absolute Gasteiger partial charge is 0.338 e. The Kier molecular flexibility index (Phi) is 5.32. The van der Waals surface area contributed by atoms with E-state index in [0.717, 1.165) is 11.3 Å². The molecule has 2 rings (SSSR count). The number of esters is 1. The lowest BCUT2D eigenvalue weighted by atomic mass is 10.1. The van der Waals surface area contributed by atoms with Gasteiger partial charge in [-0.1, -0.05) is 24.4 Å². The van der Waals surface area contributed by atoms with E-state index >= 15 is 0 Å². The van der Waals surface area contributed by atoms with Crippen molar-refractivity contribution < 1.29 is 9.53 Å². The van der Waals surface area contributed by atoms with Crippen molar-refractivity contribution in [2.45, 2.75) is 26.4 Å². The molecule has 0 heterocycles. The van der Waals surface area contributed by atoms with Gasteiger partial charge in [0.1, 0.15) is 10.6 Å². The maximum Gasteiger partial charge on any atom is 0.338 e. The fourth-order valence-electron chi connectivity index (χ4n) is 1.93.